The highest BCUT2D eigenvalue weighted by Gasteiger charge is 2.48. The van der Waals surface area contributed by atoms with E-state index in [1.165, 1.54) is 16.2 Å². The number of anilines is 1. The van der Waals surface area contributed by atoms with E-state index < -0.39 is 17.7 Å². The molecule has 0 bridgehead atoms. The first-order valence-corrected chi connectivity index (χ1v) is 13.6. The molecular weight excluding hydrogens is 512 g/mol. The molecule has 1 N–H and O–H groups in total. The standard InChI is InChI=1S/C31H30N2O5S/c1-6-13-38-22-10-7-20(8-11-22)27-25(28(34)21-9-12-23(37-5)18(3)16-21)29(35)30(36)33(27)31-32-26-19(4)14-17(2)15-24(26)39-31/h7-12,14-16,27,34H,6,13H2,1-5H3/t27-/m1/s1. The average molecular weight is 543 g/mol. The van der Waals surface area contributed by atoms with E-state index in [9.17, 15) is 14.7 Å². The maximum Gasteiger partial charge on any atom is 0.301 e. The van der Waals surface area contributed by atoms with Crippen molar-refractivity contribution in [2.24, 2.45) is 0 Å². The number of carbonyl (C=O) groups excluding carboxylic acids is 2. The van der Waals surface area contributed by atoms with E-state index in [4.69, 9.17) is 14.5 Å². The third-order valence-corrected chi connectivity index (χ3v) is 7.81. The van der Waals surface area contributed by atoms with Gasteiger partial charge in [0.15, 0.2) is 5.13 Å². The SMILES string of the molecule is CCCOc1ccc([C@@H]2C(=C(O)c3ccc(OC)c(C)c3)C(=O)C(=O)N2c2nc3c(C)cc(C)cc3s2)cc1. The Morgan fingerprint density at radius 2 is 1.77 bits per heavy atom. The lowest BCUT2D eigenvalue weighted by Crippen LogP contribution is -2.29. The van der Waals surface area contributed by atoms with Gasteiger partial charge in [-0.05, 0) is 85.8 Å². The number of aryl methyl sites for hydroxylation is 3. The van der Waals surface area contributed by atoms with Crippen molar-refractivity contribution in [2.45, 2.75) is 40.2 Å². The normalized spacial score (nSPS) is 16.7. The zero-order valence-corrected chi connectivity index (χ0v) is 23.4. The number of Topliss-reactive ketones (excluding diaryl/α,β-unsaturated/α-hetero) is 1. The number of methoxy groups -OCH3 is 1. The third kappa shape index (κ3) is 4.76. The van der Waals surface area contributed by atoms with E-state index in [1.807, 2.05) is 64.1 Å². The Morgan fingerprint density at radius 1 is 1.03 bits per heavy atom. The molecule has 1 fully saturated rings. The number of aliphatic hydroxyl groups excluding tert-OH is 1. The first kappa shape index (κ1) is 26.4. The maximum absolute atomic E-state index is 13.6. The molecule has 1 saturated heterocycles. The fourth-order valence-electron chi connectivity index (χ4n) is 4.95. The van der Waals surface area contributed by atoms with Gasteiger partial charge in [-0.2, -0.15) is 0 Å². The lowest BCUT2D eigenvalue weighted by molar-refractivity contribution is -0.132. The fourth-order valence-corrected chi connectivity index (χ4v) is 6.12. The number of aromatic nitrogens is 1. The molecule has 0 spiro atoms. The summed E-state index contributed by atoms with van der Waals surface area (Å²) in [7, 11) is 1.57. The quantitative estimate of drug-likeness (QED) is 0.160. The van der Waals surface area contributed by atoms with Gasteiger partial charge >= 0.3 is 5.91 Å². The molecule has 0 radical (unpaired) electrons. The molecular formula is C31H30N2O5S. The summed E-state index contributed by atoms with van der Waals surface area (Å²) in [6.45, 7) is 8.46. The van der Waals surface area contributed by atoms with Gasteiger partial charge in [0.05, 0.1) is 35.5 Å². The fraction of sp³-hybridized carbons (Fsp3) is 0.258. The Balaban J connectivity index is 1.69. The van der Waals surface area contributed by atoms with Crippen molar-refractivity contribution in [1.29, 1.82) is 0 Å². The number of hydrogen-bond acceptors (Lipinski definition) is 7. The van der Waals surface area contributed by atoms with Crippen LogP contribution in [0.1, 0.15) is 47.2 Å². The van der Waals surface area contributed by atoms with Gasteiger partial charge in [-0.25, -0.2) is 4.98 Å². The highest BCUT2D eigenvalue weighted by atomic mass is 32.1. The number of hydrogen-bond donors (Lipinski definition) is 1. The number of ether oxygens (including phenoxy) is 2. The van der Waals surface area contributed by atoms with Crippen molar-refractivity contribution in [3.8, 4) is 11.5 Å². The number of ketones is 1. The Labute approximate surface area is 231 Å². The molecule has 0 saturated carbocycles. The van der Waals surface area contributed by atoms with E-state index in [0.717, 1.165) is 33.3 Å². The lowest BCUT2D eigenvalue weighted by atomic mass is 9.95. The summed E-state index contributed by atoms with van der Waals surface area (Å²) in [5.74, 6) is -0.386. The molecule has 39 heavy (non-hydrogen) atoms. The molecule has 7 nitrogen and oxygen atoms in total. The number of carbonyl (C=O) groups is 2. The van der Waals surface area contributed by atoms with Crippen LogP contribution < -0.4 is 14.4 Å². The largest absolute Gasteiger partial charge is 0.507 e. The topological polar surface area (TPSA) is 89.0 Å². The van der Waals surface area contributed by atoms with Crippen LogP contribution in [0.25, 0.3) is 16.0 Å². The smallest absolute Gasteiger partial charge is 0.301 e. The predicted octanol–water partition coefficient (Wildman–Crippen LogP) is 6.65. The van der Waals surface area contributed by atoms with Crippen LogP contribution in [0.2, 0.25) is 0 Å². The zero-order chi connectivity index (χ0) is 27.8. The van der Waals surface area contributed by atoms with Crippen molar-refractivity contribution >= 4 is 44.1 Å². The van der Waals surface area contributed by atoms with E-state index in [2.05, 4.69) is 0 Å². The first-order valence-electron chi connectivity index (χ1n) is 12.8. The van der Waals surface area contributed by atoms with Crippen molar-refractivity contribution < 1.29 is 24.2 Å². The number of fused-ring (bicyclic) bond motifs is 1. The van der Waals surface area contributed by atoms with Crippen LogP contribution in [0.15, 0.2) is 60.2 Å². The summed E-state index contributed by atoms with van der Waals surface area (Å²) in [6, 6.07) is 15.6. The van der Waals surface area contributed by atoms with Crippen molar-refractivity contribution in [1.82, 2.24) is 4.98 Å². The molecule has 3 aromatic carbocycles. The molecule has 4 aromatic rings. The van der Waals surface area contributed by atoms with Crippen LogP contribution >= 0.6 is 11.3 Å². The monoisotopic (exact) mass is 542 g/mol. The second-order valence-electron chi connectivity index (χ2n) is 9.70. The Hall–Kier alpha value is -4.17. The molecule has 1 aliphatic heterocycles. The first-order chi connectivity index (χ1) is 18.7. The number of aliphatic hydroxyl groups is 1. The minimum atomic E-state index is -0.866. The van der Waals surface area contributed by atoms with Crippen LogP contribution in [0.3, 0.4) is 0 Å². The zero-order valence-electron chi connectivity index (χ0n) is 22.6. The number of nitrogens with zero attached hydrogens (tertiary/aromatic N) is 2. The van der Waals surface area contributed by atoms with Gasteiger partial charge in [0.1, 0.15) is 17.3 Å². The summed E-state index contributed by atoms with van der Waals surface area (Å²) in [5.41, 5.74) is 4.76. The average Bonchev–Trinajstić information content (AvgIpc) is 3.45. The molecule has 200 valence electrons. The second kappa shape index (κ2) is 10.5. The van der Waals surface area contributed by atoms with Gasteiger partial charge in [-0.1, -0.05) is 36.5 Å². The summed E-state index contributed by atoms with van der Waals surface area (Å²) >= 11 is 1.35. The van der Waals surface area contributed by atoms with Crippen LogP contribution in [-0.2, 0) is 9.59 Å². The Morgan fingerprint density at radius 3 is 2.44 bits per heavy atom. The van der Waals surface area contributed by atoms with Gasteiger partial charge in [0.2, 0.25) is 0 Å². The summed E-state index contributed by atoms with van der Waals surface area (Å²) in [4.78, 5) is 33.3. The molecule has 0 aliphatic carbocycles. The predicted molar refractivity (Wildman–Crippen MR) is 154 cm³/mol. The molecule has 1 atom stereocenters. The molecule has 8 heteroatoms. The van der Waals surface area contributed by atoms with Crippen molar-refractivity contribution in [2.75, 3.05) is 18.6 Å². The molecule has 5 rings (SSSR count). The highest BCUT2D eigenvalue weighted by Crippen LogP contribution is 2.45. The van der Waals surface area contributed by atoms with E-state index in [-0.39, 0.29) is 11.3 Å². The molecule has 2 heterocycles. The van der Waals surface area contributed by atoms with Gasteiger partial charge in [0, 0.05) is 5.56 Å². The van der Waals surface area contributed by atoms with Crippen LogP contribution in [-0.4, -0.2) is 35.5 Å². The highest BCUT2D eigenvalue weighted by molar-refractivity contribution is 7.22. The van der Waals surface area contributed by atoms with E-state index in [1.54, 1.807) is 25.3 Å². The number of rotatable bonds is 7. The van der Waals surface area contributed by atoms with Gasteiger partial charge in [-0.3, -0.25) is 14.5 Å². The maximum atomic E-state index is 13.6. The van der Waals surface area contributed by atoms with Crippen LogP contribution in [0.4, 0.5) is 5.13 Å². The molecule has 1 aliphatic rings. The molecule has 1 aromatic heterocycles. The minimum absolute atomic E-state index is 0.0129. The number of thiazole rings is 1. The van der Waals surface area contributed by atoms with Crippen molar-refractivity contribution in [3.63, 3.8) is 0 Å². The Bertz CT molecular complexity index is 1620. The second-order valence-corrected chi connectivity index (χ2v) is 10.7. The van der Waals surface area contributed by atoms with Gasteiger partial charge in [-0.15, -0.1) is 0 Å². The Kier molecular flexibility index (Phi) is 7.14. The van der Waals surface area contributed by atoms with Gasteiger partial charge < -0.3 is 14.6 Å². The minimum Gasteiger partial charge on any atom is -0.507 e. The van der Waals surface area contributed by atoms with E-state index in [0.29, 0.717) is 34.4 Å². The summed E-state index contributed by atoms with van der Waals surface area (Å²) in [6.07, 6.45) is 0.875. The molecule has 0 unspecified atom stereocenters. The number of amides is 1. The van der Waals surface area contributed by atoms with Gasteiger partial charge in [0.25, 0.3) is 5.78 Å². The van der Waals surface area contributed by atoms with Crippen LogP contribution in [0.5, 0.6) is 11.5 Å². The van der Waals surface area contributed by atoms with Crippen LogP contribution in [0, 0.1) is 20.8 Å². The summed E-state index contributed by atoms with van der Waals surface area (Å²) < 4.78 is 12.0. The van der Waals surface area contributed by atoms with E-state index >= 15 is 0 Å². The van der Waals surface area contributed by atoms with Crippen molar-refractivity contribution in [3.05, 3.63) is 88.0 Å². The lowest BCUT2D eigenvalue weighted by Gasteiger charge is -2.23. The third-order valence-electron chi connectivity index (χ3n) is 6.81. The summed E-state index contributed by atoms with van der Waals surface area (Å²) in [5, 5.41) is 11.9. The number of benzene rings is 3. The molecule has 1 amide bonds.